The maximum Gasteiger partial charge on any atom is 0.255 e. The summed E-state index contributed by atoms with van der Waals surface area (Å²) < 4.78 is 17.3. The summed E-state index contributed by atoms with van der Waals surface area (Å²) >= 11 is 0. The lowest BCUT2D eigenvalue weighted by molar-refractivity contribution is -0.137. The molecule has 1 unspecified atom stereocenters. The van der Waals surface area contributed by atoms with E-state index >= 15 is 0 Å². The number of aromatic nitrogens is 4. The zero-order valence-corrected chi connectivity index (χ0v) is 38.5. The number of fused-ring (bicyclic) bond motifs is 1. The van der Waals surface area contributed by atoms with Gasteiger partial charge in [-0.15, -0.1) is 22.6 Å². The first-order chi connectivity index (χ1) is 32.7. The molecule has 3 aliphatic heterocycles. The van der Waals surface area contributed by atoms with Crippen LogP contribution in [0, 0.1) is 0 Å². The van der Waals surface area contributed by atoms with E-state index in [2.05, 4.69) is 46.7 Å². The molecule has 68 heavy (non-hydrogen) atoms. The Hall–Kier alpha value is -6.73. The van der Waals surface area contributed by atoms with Gasteiger partial charge in [-0.2, -0.15) is 0 Å². The Bertz CT molecular complexity index is 2540. The van der Waals surface area contributed by atoms with E-state index in [-0.39, 0.29) is 62.0 Å². The number of carbonyl (C=O) groups is 5. The summed E-state index contributed by atoms with van der Waals surface area (Å²) in [6.45, 7) is 4.01. The van der Waals surface area contributed by atoms with Gasteiger partial charge in [-0.1, -0.05) is 24.3 Å². The quantitative estimate of drug-likeness (QED) is 0.0384. The molecule has 2 fully saturated rings. The summed E-state index contributed by atoms with van der Waals surface area (Å²) in [5.74, 6) is 0.519. The third-order valence-corrected chi connectivity index (χ3v) is 12.1. The van der Waals surface area contributed by atoms with Crippen LogP contribution in [0.2, 0.25) is 0 Å². The van der Waals surface area contributed by atoms with Crippen LogP contribution in [-0.4, -0.2) is 107 Å². The number of amides is 5. The van der Waals surface area contributed by atoms with Gasteiger partial charge in [0.05, 0.1) is 12.1 Å². The van der Waals surface area contributed by atoms with Crippen LogP contribution in [0.4, 0.5) is 11.4 Å². The van der Waals surface area contributed by atoms with Gasteiger partial charge in [-0.25, -0.2) is 0 Å². The van der Waals surface area contributed by atoms with Crippen LogP contribution < -0.4 is 31.3 Å². The average molecular weight is 950 g/mol. The Morgan fingerprint density at radius 1 is 0.838 bits per heavy atom. The number of nitrogens with one attached hydrogen (secondary N) is 6. The van der Waals surface area contributed by atoms with Crippen molar-refractivity contribution in [2.45, 2.75) is 76.0 Å². The van der Waals surface area contributed by atoms with Crippen LogP contribution in [-0.2, 0) is 42.5 Å². The van der Waals surface area contributed by atoms with E-state index in [1.54, 1.807) is 30.6 Å². The fourth-order valence-electron chi connectivity index (χ4n) is 8.53. The molecule has 0 radical (unpaired) electrons. The second-order valence-electron chi connectivity index (χ2n) is 16.8. The number of pyridine rings is 1. The van der Waals surface area contributed by atoms with E-state index in [1.165, 1.54) is 4.90 Å². The number of ether oxygens (including phenoxy) is 3. The first-order valence-corrected chi connectivity index (χ1v) is 22.9. The van der Waals surface area contributed by atoms with Gasteiger partial charge in [0.1, 0.15) is 18.4 Å². The fourth-order valence-corrected chi connectivity index (χ4v) is 8.53. The highest BCUT2D eigenvalue weighted by Gasteiger charge is 2.40. The highest BCUT2D eigenvalue weighted by molar-refractivity contribution is 6.07. The lowest BCUT2D eigenvalue weighted by atomic mass is 9.87. The van der Waals surface area contributed by atoms with Gasteiger partial charge >= 0.3 is 0 Å². The van der Waals surface area contributed by atoms with Crippen LogP contribution in [0.25, 0.3) is 11.4 Å². The number of rotatable bonds is 22. The molecule has 18 nitrogen and oxygen atoms in total. The minimum absolute atomic E-state index is 0. The van der Waals surface area contributed by atoms with Crippen molar-refractivity contribution in [1.82, 2.24) is 41.0 Å². The number of piperidine rings is 2. The molecule has 2 aromatic heterocycles. The first kappa shape index (κ1) is 49.2. The van der Waals surface area contributed by atoms with Gasteiger partial charge in [-0.3, -0.25) is 34.3 Å². The van der Waals surface area contributed by atoms with E-state index in [9.17, 15) is 24.0 Å². The molecule has 0 bridgehead atoms. The van der Waals surface area contributed by atoms with Crippen LogP contribution in [0.3, 0.4) is 0 Å². The lowest BCUT2D eigenvalue weighted by Gasteiger charge is -2.37. The van der Waals surface area contributed by atoms with E-state index in [0.717, 1.165) is 73.6 Å². The molecular formula is C49H57ClN10O8. The maximum absolute atomic E-state index is 13.3. The van der Waals surface area contributed by atoms with E-state index in [1.807, 2.05) is 60.7 Å². The maximum atomic E-state index is 13.3. The minimum atomic E-state index is -0.730. The number of aromatic amines is 1. The number of nitrogens with zero attached hydrogens (tertiary/aromatic N) is 4. The zero-order valence-electron chi connectivity index (χ0n) is 37.7. The summed E-state index contributed by atoms with van der Waals surface area (Å²) in [6.07, 6.45) is 8.77. The van der Waals surface area contributed by atoms with Crippen LogP contribution in [0.1, 0.15) is 89.0 Å². The summed E-state index contributed by atoms with van der Waals surface area (Å²) in [6, 6.07) is 23.4. The standard InChI is InChI=1S/C49H56N10O8.ClH/c60-42-15-14-41(46(63)54-42)59-31-39-38(47(59)64)12-6-13-40(39)53-43(61)32-66-26-7-25-65-24-2-1-3-27-67-37-11-4-8-33(28-37)30-52-45(62)35-9-5-10-36(29-35)56-49(18-22-51-23-19-49)48-55-44(57-58-48)34-16-20-50-21-17-34;/h4-6,8-13,16-17,20-21,28-29,41,51,56H,1-3,7,14-15,18-19,22-27,30-32H2,(H,52,62)(H,53,61)(H,54,60,63)(H,55,57,58);1H. The average Bonchev–Trinajstić information content (AvgIpc) is 3.98. The fraction of sp³-hybridized carbons (Fsp3) is 0.388. The van der Waals surface area contributed by atoms with Gasteiger partial charge in [0.25, 0.3) is 11.8 Å². The Morgan fingerprint density at radius 3 is 2.46 bits per heavy atom. The largest absolute Gasteiger partial charge is 0.494 e. The molecule has 3 aromatic carbocycles. The molecule has 5 amide bonds. The third-order valence-electron chi connectivity index (χ3n) is 12.1. The monoisotopic (exact) mass is 948 g/mol. The van der Waals surface area contributed by atoms with Crippen molar-refractivity contribution in [3.8, 4) is 17.1 Å². The molecule has 2 saturated heterocycles. The molecule has 3 aliphatic rings. The van der Waals surface area contributed by atoms with Gasteiger partial charge in [0, 0.05) is 85.4 Å². The highest BCUT2D eigenvalue weighted by Crippen LogP contribution is 2.35. The molecule has 5 aromatic rings. The summed E-state index contributed by atoms with van der Waals surface area (Å²) in [5, 5.41) is 24.3. The van der Waals surface area contributed by atoms with Crippen molar-refractivity contribution in [2.75, 3.05) is 56.8 Å². The molecule has 5 heterocycles. The number of hydrogen-bond donors (Lipinski definition) is 6. The second kappa shape index (κ2) is 23.8. The molecule has 358 valence electrons. The summed E-state index contributed by atoms with van der Waals surface area (Å²) in [4.78, 5) is 72.0. The Balaban J connectivity index is 0.00000684. The van der Waals surface area contributed by atoms with Crippen LogP contribution >= 0.6 is 12.4 Å². The number of halogens is 1. The lowest BCUT2D eigenvalue weighted by Crippen LogP contribution is -2.52. The number of carbonyl (C=O) groups excluding carboxylic acids is 5. The topological polar surface area (TPSA) is 231 Å². The molecule has 0 aliphatic carbocycles. The number of imide groups is 1. The smallest absolute Gasteiger partial charge is 0.255 e. The molecule has 6 N–H and O–H groups in total. The van der Waals surface area contributed by atoms with Crippen molar-refractivity contribution < 1.29 is 38.2 Å². The molecule has 0 spiro atoms. The predicted molar refractivity (Wildman–Crippen MR) is 255 cm³/mol. The predicted octanol–water partition coefficient (Wildman–Crippen LogP) is 5.28. The molecule has 19 heteroatoms. The molecule has 8 rings (SSSR count). The second-order valence-corrected chi connectivity index (χ2v) is 16.8. The molecule has 0 saturated carbocycles. The Labute approximate surface area is 400 Å². The zero-order chi connectivity index (χ0) is 46.4. The SMILES string of the molecule is Cl.O=C1CCC(N2Cc3c(NC(=O)COCCCOCCCCCOc4cccc(CNC(=O)c5cccc(NC6(c7nnc(-c8ccncc8)[nH]7)CCNCC6)c5)c4)cccc3C2=O)C(=O)N1. The minimum Gasteiger partial charge on any atom is -0.494 e. The Morgan fingerprint density at radius 2 is 1.62 bits per heavy atom. The van der Waals surface area contributed by atoms with E-state index < -0.39 is 17.5 Å². The van der Waals surface area contributed by atoms with E-state index in [4.69, 9.17) is 14.2 Å². The van der Waals surface area contributed by atoms with Crippen LogP contribution in [0.5, 0.6) is 5.75 Å². The van der Waals surface area contributed by atoms with Crippen molar-refractivity contribution in [3.05, 3.63) is 119 Å². The van der Waals surface area contributed by atoms with Gasteiger partial charge < -0.3 is 45.4 Å². The number of anilines is 2. The van der Waals surface area contributed by atoms with Crippen molar-refractivity contribution in [2.24, 2.45) is 0 Å². The van der Waals surface area contributed by atoms with Crippen molar-refractivity contribution in [3.63, 3.8) is 0 Å². The normalized spacial score (nSPS) is 16.3. The number of unbranched alkanes of at least 4 members (excludes halogenated alkanes) is 2. The van der Waals surface area contributed by atoms with E-state index in [0.29, 0.717) is 67.6 Å². The van der Waals surface area contributed by atoms with Crippen molar-refractivity contribution in [1.29, 1.82) is 0 Å². The third kappa shape index (κ3) is 12.6. The van der Waals surface area contributed by atoms with Gasteiger partial charge in [0.2, 0.25) is 17.7 Å². The number of hydrogen-bond acceptors (Lipinski definition) is 13. The number of benzene rings is 3. The highest BCUT2D eigenvalue weighted by atomic mass is 35.5. The van der Waals surface area contributed by atoms with Gasteiger partial charge in [-0.05, 0) is 118 Å². The summed E-state index contributed by atoms with van der Waals surface area (Å²) in [5.41, 5.74) is 4.28. The van der Waals surface area contributed by atoms with Gasteiger partial charge in [0.15, 0.2) is 11.6 Å². The van der Waals surface area contributed by atoms with Crippen molar-refractivity contribution >= 4 is 53.3 Å². The molecular weight excluding hydrogens is 892 g/mol. The summed E-state index contributed by atoms with van der Waals surface area (Å²) in [7, 11) is 0. The number of H-pyrrole nitrogens is 1. The Kier molecular flexibility index (Phi) is 17.2. The molecule has 1 atom stereocenters. The first-order valence-electron chi connectivity index (χ1n) is 22.9. The van der Waals surface area contributed by atoms with Crippen LogP contribution in [0.15, 0.2) is 91.3 Å².